The van der Waals surface area contributed by atoms with Gasteiger partial charge in [-0.1, -0.05) is 11.6 Å². The van der Waals surface area contributed by atoms with E-state index in [-0.39, 0.29) is 13.0 Å². The van der Waals surface area contributed by atoms with Crippen molar-refractivity contribution in [2.75, 3.05) is 6.54 Å². The van der Waals surface area contributed by atoms with Gasteiger partial charge in [0.2, 0.25) is 0 Å². The molecule has 0 aromatic heterocycles. The zero-order valence-electron chi connectivity index (χ0n) is 6.03. The predicted molar refractivity (Wildman–Crippen MR) is 44.6 cm³/mol. The summed E-state index contributed by atoms with van der Waals surface area (Å²) in [5.74, 6) is -1.21. The normalized spacial score (nSPS) is 23.4. The lowest BCUT2D eigenvalue weighted by Crippen LogP contribution is -2.25. The molecule has 0 aromatic rings. The summed E-state index contributed by atoms with van der Waals surface area (Å²) >= 11 is 6.46. The van der Waals surface area contributed by atoms with Crippen LogP contribution in [0.5, 0.6) is 0 Å². The molecule has 6 heteroatoms. The van der Waals surface area contributed by atoms with Crippen LogP contribution in [0.4, 0.5) is 0 Å². The van der Waals surface area contributed by atoms with Gasteiger partial charge >= 0.3 is 5.91 Å². The maximum Gasteiger partial charge on any atom is 0.302 e. The highest BCUT2D eigenvalue weighted by Crippen LogP contribution is 2.29. The zero-order chi connectivity index (χ0) is 9.14. The summed E-state index contributed by atoms with van der Waals surface area (Å²) in [5.41, 5.74) is 0. The molecule has 1 amide bonds. The average Bonchev–Trinajstić information content (AvgIpc) is 2.30. The van der Waals surface area contributed by atoms with Crippen LogP contribution in [-0.2, 0) is 14.4 Å². The van der Waals surface area contributed by atoms with Gasteiger partial charge in [-0.3, -0.25) is 13.9 Å². The summed E-state index contributed by atoms with van der Waals surface area (Å²) in [4.78, 5) is 31.8. The number of alkyl halides is 1. The zero-order valence-corrected chi connectivity index (χ0v) is 7.60. The SMILES string of the molecule is O=CCCN1SC(Cl)C(=O)C1=O. The number of hydrogen-bond donors (Lipinski definition) is 0. The molecule has 1 heterocycles. The Morgan fingerprint density at radius 2 is 2.25 bits per heavy atom. The van der Waals surface area contributed by atoms with Gasteiger partial charge in [0.05, 0.1) is 0 Å². The van der Waals surface area contributed by atoms with Crippen molar-refractivity contribution in [3.05, 3.63) is 0 Å². The Balaban J connectivity index is 2.53. The molecule has 0 aliphatic carbocycles. The van der Waals surface area contributed by atoms with E-state index in [1.54, 1.807) is 0 Å². The fourth-order valence-electron chi connectivity index (χ4n) is 0.752. The second-order valence-corrected chi connectivity index (χ2v) is 3.97. The number of nitrogens with zero attached hydrogens (tertiary/aromatic N) is 1. The van der Waals surface area contributed by atoms with E-state index in [1.165, 1.54) is 4.31 Å². The molecule has 66 valence electrons. The average molecular weight is 208 g/mol. The highest BCUT2D eigenvalue weighted by molar-refractivity contribution is 8.01. The summed E-state index contributed by atoms with van der Waals surface area (Å²) in [6, 6.07) is 0. The first-order valence-electron chi connectivity index (χ1n) is 3.27. The van der Waals surface area contributed by atoms with Gasteiger partial charge in [0, 0.05) is 13.0 Å². The van der Waals surface area contributed by atoms with Crippen LogP contribution in [-0.4, -0.2) is 33.5 Å². The van der Waals surface area contributed by atoms with Gasteiger partial charge < -0.3 is 4.79 Å². The third kappa shape index (κ3) is 1.78. The topological polar surface area (TPSA) is 54.5 Å². The first kappa shape index (κ1) is 9.54. The van der Waals surface area contributed by atoms with Gasteiger partial charge in [-0.2, -0.15) is 0 Å². The second-order valence-electron chi connectivity index (χ2n) is 2.15. The molecule has 1 saturated heterocycles. The minimum Gasteiger partial charge on any atom is -0.303 e. The Hall–Kier alpha value is -0.550. The number of carbonyl (C=O) groups excluding carboxylic acids is 3. The molecule has 0 bridgehead atoms. The van der Waals surface area contributed by atoms with Crippen molar-refractivity contribution in [3.63, 3.8) is 0 Å². The van der Waals surface area contributed by atoms with Crippen molar-refractivity contribution in [1.29, 1.82) is 0 Å². The molecule has 1 aliphatic heterocycles. The Morgan fingerprint density at radius 1 is 1.58 bits per heavy atom. The van der Waals surface area contributed by atoms with Gasteiger partial charge in [-0.05, 0) is 11.9 Å². The lowest BCUT2D eigenvalue weighted by atomic mass is 10.4. The number of hydrogen-bond acceptors (Lipinski definition) is 4. The van der Waals surface area contributed by atoms with E-state index in [0.717, 1.165) is 11.9 Å². The molecular weight excluding hydrogens is 202 g/mol. The summed E-state index contributed by atoms with van der Waals surface area (Å²) in [6.45, 7) is 0.252. The first-order chi connectivity index (χ1) is 5.66. The number of ketones is 1. The molecule has 1 rings (SSSR count). The number of carbonyl (C=O) groups is 3. The molecule has 12 heavy (non-hydrogen) atoms. The largest absolute Gasteiger partial charge is 0.303 e. The quantitative estimate of drug-likeness (QED) is 0.287. The maximum absolute atomic E-state index is 11.0. The lowest BCUT2D eigenvalue weighted by Gasteiger charge is -2.09. The highest BCUT2D eigenvalue weighted by atomic mass is 35.5. The van der Waals surface area contributed by atoms with Gasteiger partial charge in [0.25, 0.3) is 5.78 Å². The summed E-state index contributed by atoms with van der Waals surface area (Å²) in [6.07, 6.45) is 0.926. The molecule has 4 nitrogen and oxygen atoms in total. The maximum atomic E-state index is 11.0. The number of Topliss-reactive ketones (excluding diaryl/α,β-unsaturated/α-hetero) is 1. The Bertz CT molecular complexity index is 233. The van der Waals surface area contributed by atoms with Crippen LogP contribution in [0.15, 0.2) is 0 Å². The lowest BCUT2D eigenvalue weighted by molar-refractivity contribution is -0.139. The summed E-state index contributed by atoms with van der Waals surface area (Å²) < 4.78 is 0.401. The van der Waals surface area contributed by atoms with Crippen LogP contribution in [0.25, 0.3) is 0 Å². The standard InChI is InChI=1S/C6H6ClNO3S/c7-5-4(10)6(11)8(12-5)2-1-3-9/h3,5H,1-2H2. The van der Waals surface area contributed by atoms with Gasteiger partial charge in [0.15, 0.2) is 4.71 Å². The van der Waals surface area contributed by atoms with Crippen molar-refractivity contribution in [1.82, 2.24) is 4.31 Å². The molecule has 0 radical (unpaired) electrons. The number of rotatable bonds is 3. The minimum atomic E-state index is -0.816. The highest BCUT2D eigenvalue weighted by Gasteiger charge is 2.38. The number of aldehydes is 1. The van der Waals surface area contributed by atoms with Crippen molar-refractivity contribution in [3.8, 4) is 0 Å². The Kier molecular flexibility index (Phi) is 3.11. The van der Waals surface area contributed by atoms with Crippen molar-refractivity contribution < 1.29 is 14.4 Å². The fourth-order valence-corrected chi connectivity index (χ4v) is 1.95. The third-order valence-corrected chi connectivity index (χ3v) is 2.75. The molecule has 0 saturated carbocycles. The summed E-state index contributed by atoms with van der Waals surface area (Å²) in [5, 5.41) is 0. The van der Waals surface area contributed by atoms with Crippen LogP contribution in [0, 0.1) is 0 Å². The molecule has 1 fully saturated rings. The molecule has 0 spiro atoms. The van der Waals surface area contributed by atoms with Crippen LogP contribution in [0.3, 0.4) is 0 Å². The van der Waals surface area contributed by atoms with Gasteiger partial charge in [-0.15, -0.1) is 0 Å². The van der Waals surface area contributed by atoms with E-state index >= 15 is 0 Å². The number of amides is 1. The number of halogens is 1. The van der Waals surface area contributed by atoms with E-state index in [9.17, 15) is 14.4 Å². The van der Waals surface area contributed by atoms with Crippen LogP contribution >= 0.6 is 23.5 Å². The third-order valence-electron chi connectivity index (χ3n) is 1.31. The van der Waals surface area contributed by atoms with Crippen molar-refractivity contribution in [2.45, 2.75) is 11.1 Å². The summed E-state index contributed by atoms with van der Waals surface area (Å²) in [7, 11) is 0. The van der Waals surface area contributed by atoms with E-state index in [0.29, 0.717) is 6.29 Å². The van der Waals surface area contributed by atoms with Crippen molar-refractivity contribution in [2.24, 2.45) is 0 Å². The molecule has 0 N–H and O–H groups in total. The fraction of sp³-hybridized carbons (Fsp3) is 0.500. The van der Waals surface area contributed by atoms with Crippen molar-refractivity contribution >= 4 is 41.5 Å². The van der Waals surface area contributed by atoms with Gasteiger partial charge in [0.1, 0.15) is 6.29 Å². The van der Waals surface area contributed by atoms with Crippen LogP contribution in [0.1, 0.15) is 6.42 Å². The van der Waals surface area contributed by atoms with E-state index < -0.39 is 16.4 Å². The molecular formula is C6H6ClNO3S. The monoisotopic (exact) mass is 207 g/mol. The van der Waals surface area contributed by atoms with Crippen LogP contribution in [0.2, 0.25) is 0 Å². The van der Waals surface area contributed by atoms with E-state index in [4.69, 9.17) is 11.6 Å². The van der Waals surface area contributed by atoms with Gasteiger partial charge in [-0.25, -0.2) is 0 Å². The molecule has 1 unspecified atom stereocenters. The molecule has 1 atom stereocenters. The van der Waals surface area contributed by atoms with Crippen LogP contribution < -0.4 is 0 Å². The molecule has 0 aromatic carbocycles. The van der Waals surface area contributed by atoms with E-state index in [1.807, 2.05) is 0 Å². The Morgan fingerprint density at radius 3 is 2.67 bits per heavy atom. The first-order valence-corrected chi connectivity index (χ1v) is 4.54. The minimum absolute atomic E-state index is 0.232. The predicted octanol–water partition coefficient (Wildman–Crippen LogP) is 0.200. The smallest absolute Gasteiger partial charge is 0.302 e. The second kappa shape index (κ2) is 3.91. The van der Waals surface area contributed by atoms with E-state index in [2.05, 4.69) is 0 Å². The molecule has 1 aliphatic rings. The Labute approximate surface area is 78.4 Å².